The van der Waals surface area contributed by atoms with E-state index in [2.05, 4.69) is 5.32 Å². The van der Waals surface area contributed by atoms with Crippen LogP contribution in [0.25, 0.3) is 0 Å². The Morgan fingerprint density at radius 3 is 2.38 bits per heavy atom. The molecule has 2 N–H and O–H groups in total. The number of sulfone groups is 1. The van der Waals surface area contributed by atoms with Gasteiger partial charge in [-0.25, -0.2) is 8.42 Å². The van der Waals surface area contributed by atoms with Gasteiger partial charge in [-0.1, -0.05) is 12.1 Å². The molecule has 118 valence electrons. The van der Waals surface area contributed by atoms with Gasteiger partial charge in [0.25, 0.3) is 9.84 Å². The molecule has 0 aromatic heterocycles. The molecule has 0 amide bonds. The van der Waals surface area contributed by atoms with Crippen molar-refractivity contribution >= 4 is 15.5 Å². The topological polar surface area (TPSA) is 66.4 Å². The third-order valence-electron chi connectivity index (χ3n) is 3.73. The Kier molecular flexibility index (Phi) is 4.21. The number of halogens is 3. The summed E-state index contributed by atoms with van der Waals surface area (Å²) in [5.41, 5.74) is -5.52. The highest BCUT2D eigenvalue weighted by atomic mass is 32.2. The molecule has 0 bridgehead atoms. The molecule has 0 aliphatic heterocycles. The van der Waals surface area contributed by atoms with E-state index in [1.54, 1.807) is 0 Å². The van der Waals surface area contributed by atoms with E-state index in [0.29, 0.717) is 13.0 Å². The Bertz CT molecular complexity index is 609. The van der Waals surface area contributed by atoms with Crippen molar-refractivity contribution in [2.75, 3.05) is 18.5 Å². The number of benzene rings is 1. The van der Waals surface area contributed by atoms with E-state index in [1.807, 2.05) is 0 Å². The van der Waals surface area contributed by atoms with Gasteiger partial charge >= 0.3 is 5.51 Å². The molecule has 1 fully saturated rings. The molecule has 0 heterocycles. The van der Waals surface area contributed by atoms with Gasteiger partial charge in [0, 0.05) is 13.2 Å². The Morgan fingerprint density at radius 2 is 1.86 bits per heavy atom. The fourth-order valence-electron chi connectivity index (χ4n) is 2.18. The van der Waals surface area contributed by atoms with E-state index >= 15 is 0 Å². The minimum Gasteiger partial charge on any atom is -0.396 e. The van der Waals surface area contributed by atoms with Crippen LogP contribution in [-0.2, 0) is 9.84 Å². The van der Waals surface area contributed by atoms with E-state index in [0.717, 1.165) is 18.9 Å². The molecule has 1 aromatic rings. The first-order valence-corrected chi connectivity index (χ1v) is 7.95. The lowest BCUT2D eigenvalue weighted by Gasteiger charge is -2.18. The van der Waals surface area contributed by atoms with Gasteiger partial charge in [0.1, 0.15) is 0 Å². The predicted octanol–water partition coefficient (Wildman–Crippen LogP) is 2.55. The number of hydrogen-bond donors (Lipinski definition) is 2. The van der Waals surface area contributed by atoms with Crippen LogP contribution in [0.5, 0.6) is 0 Å². The highest BCUT2D eigenvalue weighted by molar-refractivity contribution is 7.92. The van der Waals surface area contributed by atoms with Crippen LogP contribution in [0, 0.1) is 5.41 Å². The van der Waals surface area contributed by atoms with Gasteiger partial charge in [-0.05, 0) is 36.8 Å². The molecule has 21 heavy (non-hydrogen) atoms. The van der Waals surface area contributed by atoms with E-state index in [4.69, 9.17) is 5.11 Å². The summed E-state index contributed by atoms with van der Waals surface area (Å²) >= 11 is 0. The van der Waals surface area contributed by atoms with Gasteiger partial charge in [-0.3, -0.25) is 0 Å². The Hall–Kier alpha value is -1.28. The zero-order chi connectivity index (χ0) is 15.7. The summed E-state index contributed by atoms with van der Waals surface area (Å²) in [5, 5.41) is 11.7. The average Bonchev–Trinajstić information content (AvgIpc) is 3.16. The van der Waals surface area contributed by atoms with Crippen LogP contribution in [0.2, 0.25) is 0 Å². The number of aliphatic hydroxyl groups is 1. The molecule has 0 saturated heterocycles. The number of rotatable bonds is 6. The molecule has 8 heteroatoms. The highest BCUT2D eigenvalue weighted by Crippen LogP contribution is 2.48. The summed E-state index contributed by atoms with van der Waals surface area (Å²) in [6.07, 6.45) is 2.29. The lowest BCUT2D eigenvalue weighted by molar-refractivity contribution is -0.0435. The van der Waals surface area contributed by atoms with Crippen molar-refractivity contribution in [2.24, 2.45) is 5.41 Å². The lowest BCUT2D eigenvalue weighted by Crippen LogP contribution is -2.25. The number of alkyl halides is 3. The third kappa shape index (κ3) is 3.32. The number of para-hydroxylation sites is 1. The largest absolute Gasteiger partial charge is 0.501 e. The summed E-state index contributed by atoms with van der Waals surface area (Å²) < 4.78 is 61.0. The van der Waals surface area contributed by atoms with Crippen LogP contribution in [0.4, 0.5) is 18.9 Å². The fraction of sp³-hybridized carbons (Fsp3) is 0.538. The van der Waals surface area contributed by atoms with E-state index in [-0.39, 0.29) is 17.7 Å². The second-order valence-electron chi connectivity index (χ2n) is 5.27. The molecule has 2 rings (SSSR count). The van der Waals surface area contributed by atoms with E-state index < -0.39 is 20.2 Å². The second kappa shape index (κ2) is 5.49. The Labute approximate surface area is 120 Å². The van der Waals surface area contributed by atoms with Crippen LogP contribution in [0.3, 0.4) is 0 Å². The maximum absolute atomic E-state index is 12.7. The quantitative estimate of drug-likeness (QED) is 0.844. The summed E-state index contributed by atoms with van der Waals surface area (Å²) in [6.45, 7) is 0.349. The van der Waals surface area contributed by atoms with Crippen LogP contribution in [-0.4, -0.2) is 32.2 Å². The second-order valence-corrected chi connectivity index (χ2v) is 7.18. The molecule has 0 spiro atoms. The van der Waals surface area contributed by atoms with E-state index in [9.17, 15) is 21.6 Å². The van der Waals surface area contributed by atoms with Gasteiger partial charge in [-0.15, -0.1) is 0 Å². The number of hydrogen-bond acceptors (Lipinski definition) is 4. The van der Waals surface area contributed by atoms with Crippen molar-refractivity contribution in [1.82, 2.24) is 0 Å². The molecule has 4 nitrogen and oxygen atoms in total. The van der Waals surface area contributed by atoms with Crippen LogP contribution >= 0.6 is 0 Å². The molecule has 1 aliphatic carbocycles. The van der Waals surface area contributed by atoms with Gasteiger partial charge in [0.05, 0.1) is 10.6 Å². The van der Waals surface area contributed by atoms with Gasteiger partial charge < -0.3 is 10.4 Å². The van der Waals surface area contributed by atoms with Crippen LogP contribution in [0.1, 0.15) is 19.3 Å². The molecule has 1 saturated carbocycles. The van der Waals surface area contributed by atoms with Crippen LogP contribution in [0.15, 0.2) is 29.2 Å². The summed E-state index contributed by atoms with van der Waals surface area (Å²) in [5.74, 6) is 0. The first-order chi connectivity index (χ1) is 9.72. The van der Waals surface area contributed by atoms with Crippen molar-refractivity contribution in [3.05, 3.63) is 24.3 Å². The average molecular weight is 323 g/mol. The Morgan fingerprint density at radius 1 is 1.24 bits per heavy atom. The first kappa shape index (κ1) is 16.1. The van der Waals surface area contributed by atoms with Crippen molar-refractivity contribution in [1.29, 1.82) is 0 Å². The maximum Gasteiger partial charge on any atom is 0.501 e. The highest BCUT2D eigenvalue weighted by Gasteiger charge is 2.48. The zero-order valence-electron chi connectivity index (χ0n) is 11.2. The SMILES string of the molecule is O=S(=O)(c1ccccc1NCC1(CCO)CC1)C(F)(F)F. The molecule has 0 radical (unpaired) electrons. The van der Waals surface area contributed by atoms with Gasteiger partial charge in [-0.2, -0.15) is 13.2 Å². The summed E-state index contributed by atoms with van der Waals surface area (Å²) in [6, 6.07) is 4.98. The lowest BCUT2D eigenvalue weighted by atomic mass is 10.0. The summed E-state index contributed by atoms with van der Waals surface area (Å²) in [4.78, 5) is -0.766. The predicted molar refractivity (Wildman–Crippen MR) is 71.5 cm³/mol. The van der Waals surface area contributed by atoms with Crippen molar-refractivity contribution in [3.63, 3.8) is 0 Å². The van der Waals surface area contributed by atoms with Crippen molar-refractivity contribution < 1.29 is 26.7 Å². The smallest absolute Gasteiger partial charge is 0.396 e. The molecular formula is C13H16F3NO3S. The molecule has 0 atom stereocenters. The maximum atomic E-state index is 12.7. The molecule has 1 aromatic carbocycles. The number of nitrogens with one attached hydrogen (secondary N) is 1. The zero-order valence-corrected chi connectivity index (χ0v) is 12.0. The minimum absolute atomic E-state index is 0.00414. The van der Waals surface area contributed by atoms with Gasteiger partial charge in [0.2, 0.25) is 0 Å². The first-order valence-electron chi connectivity index (χ1n) is 6.47. The van der Waals surface area contributed by atoms with Crippen molar-refractivity contribution in [2.45, 2.75) is 29.7 Å². The molecule has 1 aliphatic rings. The Balaban J connectivity index is 2.22. The fourth-order valence-corrected chi connectivity index (χ4v) is 3.12. The van der Waals surface area contributed by atoms with Crippen molar-refractivity contribution in [3.8, 4) is 0 Å². The summed E-state index contributed by atoms with van der Waals surface area (Å²) in [7, 11) is -5.38. The minimum atomic E-state index is -5.38. The van der Waals surface area contributed by atoms with E-state index in [1.165, 1.54) is 18.2 Å². The third-order valence-corrected chi connectivity index (χ3v) is 5.28. The number of aliphatic hydroxyl groups excluding tert-OH is 1. The van der Waals surface area contributed by atoms with Crippen LogP contribution < -0.4 is 5.32 Å². The monoisotopic (exact) mass is 323 g/mol. The van der Waals surface area contributed by atoms with Gasteiger partial charge in [0.15, 0.2) is 0 Å². The number of anilines is 1. The molecule has 0 unspecified atom stereocenters. The molecular weight excluding hydrogens is 307 g/mol. The standard InChI is InChI=1S/C13H16F3NO3S/c14-13(15,16)21(19,20)11-4-2-1-3-10(11)17-9-12(5-6-12)7-8-18/h1-4,17-18H,5-9H2. The normalized spacial score (nSPS) is 17.5.